The van der Waals surface area contributed by atoms with Crippen LogP contribution in [0, 0.1) is 5.92 Å². The zero-order chi connectivity index (χ0) is 17.5. The van der Waals surface area contributed by atoms with Gasteiger partial charge in [-0.2, -0.15) is 0 Å². The zero-order valence-corrected chi connectivity index (χ0v) is 14.4. The van der Waals surface area contributed by atoms with E-state index in [0.717, 1.165) is 0 Å². The molecule has 1 atom stereocenters. The minimum atomic E-state index is -3.60. The second-order valence-electron chi connectivity index (χ2n) is 4.96. The van der Waals surface area contributed by atoms with Gasteiger partial charge in [-0.25, -0.2) is 13.1 Å². The van der Waals surface area contributed by atoms with Gasteiger partial charge in [-0.15, -0.1) is 0 Å². The number of nitrogens with one attached hydrogen (secondary N) is 3. The summed E-state index contributed by atoms with van der Waals surface area (Å²) < 4.78 is 31.0. The van der Waals surface area contributed by atoms with Crippen molar-refractivity contribution in [2.45, 2.75) is 11.8 Å². The lowest BCUT2D eigenvalue weighted by molar-refractivity contribution is -0.119. The van der Waals surface area contributed by atoms with Crippen LogP contribution in [0.25, 0.3) is 0 Å². The average Bonchev–Trinajstić information content (AvgIpc) is 2.55. The topological polar surface area (TPSA) is 123 Å². The highest BCUT2D eigenvalue weighted by Gasteiger charge is 2.17. The molecule has 0 heterocycles. The summed E-state index contributed by atoms with van der Waals surface area (Å²) in [6.07, 6.45) is 0. The second-order valence-corrected chi connectivity index (χ2v) is 6.85. The first-order valence-electron chi connectivity index (χ1n) is 7.17. The third-order valence-corrected chi connectivity index (χ3v) is 4.66. The molecule has 0 aliphatic rings. The first-order valence-corrected chi connectivity index (χ1v) is 8.65. The van der Waals surface area contributed by atoms with Crippen LogP contribution in [0.2, 0.25) is 0 Å². The minimum Gasteiger partial charge on any atom is -0.383 e. The SMILES string of the molecule is CNS(=O)(=O)c1ccc(NCCOC)c(NC(=O)C(C)CN)c1. The quantitative estimate of drug-likeness (QED) is 0.474. The molecule has 1 aromatic rings. The molecule has 0 saturated carbocycles. The maximum absolute atomic E-state index is 12.0. The lowest BCUT2D eigenvalue weighted by atomic mass is 10.1. The zero-order valence-electron chi connectivity index (χ0n) is 13.5. The van der Waals surface area contributed by atoms with Crippen molar-refractivity contribution in [1.82, 2.24) is 4.72 Å². The van der Waals surface area contributed by atoms with Gasteiger partial charge >= 0.3 is 0 Å². The van der Waals surface area contributed by atoms with E-state index in [0.29, 0.717) is 24.5 Å². The minimum absolute atomic E-state index is 0.0630. The number of anilines is 2. The Bertz CT molecular complexity index is 634. The molecular weight excluding hydrogens is 320 g/mol. The number of hydrogen-bond acceptors (Lipinski definition) is 6. The van der Waals surface area contributed by atoms with Crippen molar-refractivity contribution < 1.29 is 17.9 Å². The van der Waals surface area contributed by atoms with Gasteiger partial charge in [-0.3, -0.25) is 4.79 Å². The van der Waals surface area contributed by atoms with Crippen LogP contribution in [0.3, 0.4) is 0 Å². The highest BCUT2D eigenvalue weighted by molar-refractivity contribution is 7.89. The van der Waals surface area contributed by atoms with Gasteiger partial charge in [-0.1, -0.05) is 6.92 Å². The van der Waals surface area contributed by atoms with Crippen molar-refractivity contribution in [2.24, 2.45) is 11.7 Å². The summed E-state index contributed by atoms with van der Waals surface area (Å²) in [5.41, 5.74) is 6.47. The van der Waals surface area contributed by atoms with Crippen LogP contribution < -0.4 is 21.1 Å². The largest absolute Gasteiger partial charge is 0.383 e. The van der Waals surface area contributed by atoms with Crippen LogP contribution in [0.15, 0.2) is 23.1 Å². The number of amides is 1. The fourth-order valence-electron chi connectivity index (χ4n) is 1.72. The van der Waals surface area contributed by atoms with E-state index in [1.807, 2.05) is 0 Å². The van der Waals surface area contributed by atoms with Crippen molar-refractivity contribution >= 4 is 27.3 Å². The van der Waals surface area contributed by atoms with Crippen LogP contribution in [0.1, 0.15) is 6.92 Å². The molecule has 9 heteroatoms. The highest BCUT2D eigenvalue weighted by atomic mass is 32.2. The Morgan fingerprint density at radius 1 is 1.35 bits per heavy atom. The Kier molecular flexibility index (Phi) is 7.43. The molecule has 0 aliphatic carbocycles. The van der Waals surface area contributed by atoms with Gasteiger partial charge in [0.2, 0.25) is 15.9 Å². The van der Waals surface area contributed by atoms with Crippen molar-refractivity contribution in [3.8, 4) is 0 Å². The van der Waals surface area contributed by atoms with E-state index in [1.165, 1.54) is 19.2 Å². The normalized spacial score (nSPS) is 12.7. The summed E-state index contributed by atoms with van der Waals surface area (Å²) in [4.78, 5) is 12.1. The van der Waals surface area contributed by atoms with E-state index in [2.05, 4.69) is 15.4 Å². The van der Waals surface area contributed by atoms with Crippen molar-refractivity contribution in [3.63, 3.8) is 0 Å². The first-order chi connectivity index (χ1) is 10.9. The van der Waals surface area contributed by atoms with Gasteiger partial charge < -0.3 is 21.1 Å². The molecule has 0 radical (unpaired) electrons. The molecule has 0 fully saturated rings. The maximum atomic E-state index is 12.0. The predicted molar refractivity (Wildman–Crippen MR) is 89.9 cm³/mol. The molecule has 0 saturated heterocycles. The summed E-state index contributed by atoms with van der Waals surface area (Å²) in [6, 6.07) is 4.47. The summed E-state index contributed by atoms with van der Waals surface area (Å²) in [5.74, 6) is -0.660. The Balaban J connectivity index is 3.12. The molecule has 1 aromatic carbocycles. The molecule has 1 amide bonds. The summed E-state index contributed by atoms with van der Waals surface area (Å²) in [7, 11) is -0.695. The molecular formula is C14H24N4O4S. The van der Waals surface area contributed by atoms with Crippen LogP contribution in [-0.2, 0) is 19.6 Å². The van der Waals surface area contributed by atoms with Gasteiger partial charge in [0.25, 0.3) is 0 Å². The number of ether oxygens (including phenoxy) is 1. The Morgan fingerprint density at radius 3 is 2.61 bits per heavy atom. The molecule has 1 rings (SSSR count). The first kappa shape index (κ1) is 19.4. The molecule has 5 N–H and O–H groups in total. The number of carbonyl (C=O) groups excluding carboxylic acids is 1. The van der Waals surface area contributed by atoms with E-state index in [-0.39, 0.29) is 23.3 Å². The maximum Gasteiger partial charge on any atom is 0.240 e. The van der Waals surface area contributed by atoms with Gasteiger partial charge in [0.05, 0.1) is 22.9 Å². The van der Waals surface area contributed by atoms with Crippen molar-refractivity contribution in [2.75, 3.05) is 44.5 Å². The Labute approximate surface area is 136 Å². The molecule has 0 spiro atoms. The lowest BCUT2D eigenvalue weighted by Crippen LogP contribution is -2.27. The fraction of sp³-hybridized carbons (Fsp3) is 0.500. The van der Waals surface area contributed by atoms with Crippen LogP contribution in [-0.4, -0.2) is 48.2 Å². The number of hydrogen-bond donors (Lipinski definition) is 4. The Morgan fingerprint density at radius 2 is 2.04 bits per heavy atom. The number of nitrogens with two attached hydrogens (primary N) is 1. The number of carbonyl (C=O) groups is 1. The molecule has 0 aliphatic heterocycles. The van der Waals surface area contributed by atoms with E-state index in [1.54, 1.807) is 20.1 Å². The van der Waals surface area contributed by atoms with E-state index < -0.39 is 10.0 Å². The van der Waals surface area contributed by atoms with Gasteiger partial charge in [0.1, 0.15) is 0 Å². The molecule has 1 unspecified atom stereocenters. The smallest absolute Gasteiger partial charge is 0.240 e. The monoisotopic (exact) mass is 344 g/mol. The molecule has 8 nitrogen and oxygen atoms in total. The number of sulfonamides is 1. The molecule has 23 heavy (non-hydrogen) atoms. The molecule has 130 valence electrons. The standard InChI is InChI=1S/C14H24N4O4S/c1-10(9-15)14(19)18-13-8-11(23(20,21)16-2)4-5-12(13)17-6-7-22-3/h4-5,8,10,16-17H,6-7,9,15H2,1-3H3,(H,18,19). The number of benzene rings is 1. The summed E-state index contributed by atoms with van der Waals surface area (Å²) >= 11 is 0. The average molecular weight is 344 g/mol. The summed E-state index contributed by atoms with van der Waals surface area (Å²) in [6.45, 7) is 2.89. The van der Waals surface area contributed by atoms with Crippen LogP contribution in [0.4, 0.5) is 11.4 Å². The van der Waals surface area contributed by atoms with E-state index in [9.17, 15) is 13.2 Å². The van der Waals surface area contributed by atoms with Gasteiger partial charge in [0, 0.05) is 26.1 Å². The third-order valence-electron chi connectivity index (χ3n) is 3.25. The van der Waals surface area contributed by atoms with Gasteiger partial charge in [-0.05, 0) is 25.2 Å². The molecule has 0 aromatic heterocycles. The van der Waals surface area contributed by atoms with E-state index >= 15 is 0 Å². The summed E-state index contributed by atoms with van der Waals surface area (Å²) in [5, 5.41) is 5.80. The van der Waals surface area contributed by atoms with Crippen molar-refractivity contribution in [3.05, 3.63) is 18.2 Å². The fourth-order valence-corrected chi connectivity index (χ4v) is 2.47. The number of methoxy groups -OCH3 is 1. The second kappa shape index (κ2) is 8.82. The van der Waals surface area contributed by atoms with Crippen LogP contribution >= 0.6 is 0 Å². The van der Waals surface area contributed by atoms with Gasteiger partial charge in [0.15, 0.2) is 0 Å². The molecule has 0 bridgehead atoms. The Hall–Kier alpha value is -1.68. The highest BCUT2D eigenvalue weighted by Crippen LogP contribution is 2.26. The predicted octanol–water partition coefficient (Wildman–Crippen LogP) is 0.186. The number of rotatable bonds is 9. The third kappa shape index (κ3) is 5.47. The van der Waals surface area contributed by atoms with Crippen molar-refractivity contribution in [1.29, 1.82) is 0 Å². The van der Waals surface area contributed by atoms with Crippen LogP contribution in [0.5, 0.6) is 0 Å². The lowest BCUT2D eigenvalue weighted by Gasteiger charge is -2.16. The van der Waals surface area contributed by atoms with E-state index in [4.69, 9.17) is 10.5 Å².